The van der Waals surface area contributed by atoms with Crippen LogP contribution < -0.4 is 4.90 Å². The number of carbonyl (C=O) groups is 1. The lowest BCUT2D eigenvalue weighted by Crippen LogP contribution is -2.31. The number of hydrogen-bond acceptors (Lipinski definition) is 5. The van der Waals surface area contributed by atoms with E-state index in [1.165, 1.54) is 11.3 Å². The van der Waals surface area contributed by atoms with Crippen LogP contribution in [0.15, 0.2) is 5.51 Å². The summed E-state index contributed by atoms with van der Waals surface area (Å²) in [5.41, 5.74) is 1.03. The number of hydrogen-bond donors (Lipinski definition) is 1. The smallest absolute Gasteiger partial charge is 0.311 e. The van der Waals surface area contributed by atoms with E-state index in [1.807, 2.05) is 4.90 Å². The number of anilines is 1. The lowest BCUT2D eigenvalue weighted by atomic mass is 9.90. The van der Waals surface area contributed by atoms with Crippen LogP contribution in [0, 0.1) is 5.41 Å². The number of aromatic nitrogens is 2. The minimum absolute atomic E-state index is 0.525. The zero-order valence-corrected chi connectivity index (χ0v) is 8.62. The van der Waals surface area contributed by atoms with E-state index < -0.39 is 11.4 Å². The molecule has 1 aromatic heterocycles. The SMILES string of the molecule is CC1(C(=O)O)CCN(c2nncs2)C1. The summed E-state index contributed by atoms with van der Waals surface area (Å²) in [6.45, 7) is 3.05. The molecule has 1 N–H and O–H groups in total. The van der Waals surface area contributed by atoms with Crippen molar-refractivity contribution in [3.63, 3.8) is 0 Å². The van der Waals surface area contributed by atoms with Crippen LogP contribution in [0.3, 0.4) is 0 Å². The molecule has 0 radical (unpaired) electrons. The molecule has 2 heterocycles. The van der Waals surface area contributed by atoms with E-state index in [4.69, 9.17) is 5.11 Å². The summed E-state index contributed by atoms with van der Waals surface area (Å²) in [5, 5.41) is 17.5. The molecule has 0 saturated carbocycles. The van der Waals surface area contributed by atoms with Crippen molar-refractivity contribution < 1.29 is 9.90 Å². The average molecular weight is 213 g/mol. The summed E-state index contributed by atoms with van der Waals surface area (Å²) in [7, 11) is 0. The first-order chi connectivity index (χ1) is 6.62. The van der Waals surface area contributed by atoms with Crippen molar-refractivity contribution >= 4 is 22.4 Å². The number of carboxylic acids is 1. The van der Waals surface area contributed by atoms with Gasteiger partial charge in [-0.05, 0) is 13.3 Å². The average Bonchev–Trinajstić information content (AvgIpc) is 2.72. The third-order valence-electron chi connectivity index (χ3n) is 2.61. The molecule has 2 rings (SSSR count). The van der Waals surface area contributed by atoms with Gasteiger partial charge in [0.05, 0.1) is 5.41 Å². The Morgan fingerprint density at radius 3 is 3.07 bits per heavy atom. The number of nitrogens with zero attached hydrogens (tertiary/aromatic N) is 3. The summed E-state index contributed by atoms with van der Waals surface area (Å²) in [4.78, 5) is 13.0. The Balaban J connectivity index is 2.12. The number of rotatable bonds is 2. The molecule has 0 aromatic carbocycles. The molecule has 0 amide bonds. The third kappa shape index (κ3) is 1.45. The molecule has 1 aliphatic rings. The van der Waals surface area contributed by atoms with Crippen LogP contribution in [0.1, 0.15) is 13.3 Å². The van der Waals surface area contributed by atoms with Crippen LogP contribution >= 0.6 is 11.3 Å². The van der Waals surface area contributed by atoms with Gasteiger partial charge in [-0.15, -0.1) is 10.2 Å². The molecule has 76 valence electrons. The first kappa shape index (κ1) is 9.39. The van der Waals surface area contributed by atoms with Gasteiger partial charge in [0, 0.05) is 13.1 Å². The fourth-order valence-electron chi connectivity index (χ4n) is 1.60. The first-order valence-corrected chi connectivity index (χ1v) is 5.24. The minimum atomic E-state index is -0.732. The molecular formula is C8H11N3O2S. The molecule has 5 nitrogen and oxygen atoms in total. The molecule has 1 fully saturated rings. The van der Waals surface area contributed by atoms with Gasteiger partial charge in [-0.25, -0.2) is 0 Å². The normalized spacial score (nSPS) is 26.8. The molecule has 1 atom stereocenters. The van der Waals surface area contributed by atoms with Crippen molar-refractivity contribution in [2.45, 2.75) is 13.3 Å². The maximum atomic E-state index is 11.0. The van der Waals surface area contributed by atoms with Gasteiger partial charge in [0.1, 0.15) is 5.51 Å². The number of carboxylic acid groups (broad SMARTS) is 1. The molecule has 14 heavy (non-hydrogen) atoms. The first-order valence-electron chi connectivity index (χ1n) is 4.36. The quantitative estimate of drug-likeness (QED) is 0.788. The summed E-state index contributed by atoms with van der Waals surface area (Å²) in [5.74, 6) is -0.732. The lowest BCUT2D eigenvalue weighted by molar-refractivity contribution is -0.146. The van der Waals surface area contributed by atoms with Gasteiger partial charge in [-0.2, -0.15) is 0 Å². The summed E-state index contributed by atoms with van der Waals surface area (Å²) < 4.78 is 0. The fraction of sp³-hybridized carbons (Fsp3) is 0.625. The van der Waals surface area contributed by atoms with Crippen LogP contribution in [0.25, 0.3) is 0 Å². The summed E-state index contributed by atoms with van der Waals surface area (Å²) in [6.07, 6.45) is 0.669. The van der Waals surface area contributed by atoms with Gasteiger partial charge >= 0.3 is 5.97 Å². The van der Waals surface area contributed by atoms with E-state index in [9.17, 15) is 4.79 Å². The lowest BCUT2D eigenvalue weighted by Gasteiger charge is -2.18. The zero-order valence-electron chi connectivity index (χ0n) is 7.80. The van der Waals surface area contributed by atoms with E-state index in [-0.39, 0.29) is 0 Å². The Hall–Kier alpha value is -1.17. The van der Waals surface area contributed by atoms with E-state index in [0.717, 1.165) is 11.7 Å². The molecule has 6 heteroatoms. The standard InChI is InChI=1S/C8H11N3O2S/c1-8(6(12)13)2-3-11(4-8)7-10-9-5-14-7/h5H,2-4H2,1H3,(H,12,13). The van der Waals surface area contributed by atoms with Crippen LogP contribution in [0.2, 0.25) is 0 Å². The minimum Gasteiger partial charge on any atom is -0.481 e. The van der Waals surface area contributed by atoms with Crippen molar-refractivity contribution in [3.8, 4) is 0 Å². The second-order valence-corrected chi connectivity index (χ2v) is 4.57. The van der Waals surface area contributed by atoms with E-state index >= 15 is 0 Å². The molecule has 1 aliphatic heterocycles. The molecule has 0 spiro atoms. The molecule has 0 aliphatic carbocycles. The monoisotopic (exact) mass is 213 g/mol. The van der Waals surface area contributed by atoms with Crippen molar-refractivity contribution in [3.05, 3.63) is 5.51 Å². The largest absolute Gasteiger partial charge is 0.481 e. The van der Waals surface area contributed by atoms with Crippen LogP contribution in [0.5, 0.6) is 0 Å². The van der Waals surface area contributed by atoms with Crippen LogP contribution in [-0.4, -0.2) is 34.4 Å². The van der Waals surface area contributed by atoms with Gasteiger partial charge in [-0.1, -0.05) is 11.3 Å². The van der Waals surface area contributed by atoms with Gasteiger partial charge in [0.25, 0.3) is 0 Å². The zero-order chi connectivity index (χ0) is 10.2. The van der Waals surface area contributed by atoms with E-state index in [0.29, 0.717) is 13.0 Å². The van der Waals surface area contributed by atoms with Gasteiger partial charge < -0.3 is 10.0 Å². The molecular weight excluding hydrogens is 202 g/mol. The third-order valence-corrected chi connectivity index (χ3v) is 3.36. The highest BCUT2D eigenvalue weighted by atomic mass is 32.1. The maximum Gasteiger partial charge on any atom is 0.311 e. The highest BCUT2D eigenvalue weighted by molar-refractivity contribution is 7.13. The molecule has 1 aromatic rings. The Morgan fingerprint density at radius 2 is 2.57 bits per heavy atom. The highest BCUT2D eigenvalue weighted by Crippen LogP contribution is 2.33. The Bertz CT molecular complexity index is 340. The molecule has 1 unspecified atom stereocenters. The Labute approximate surface area is 85.4 Å². The number of aliphatic carboxylic acids is 1. The Morgan fingerprint density at radius 1 is 1.79 bits per heavy atom. The van der Waals surface area contributed by atoms with Crippen molar-refractivity contribution in [1.29, 1.82) is 0 Å². The predicted molar refractivity (Wildman–Crippen MR) is 52.5 cm³/mol. The van der Waals surface area contributed by atoms with Gasteiger partial charge in [-0.3, -0.25) is 4.79 Å². The second kappa shape index (κ2) is 3.20. The van der Waals surface area contributed by atoms with Gasteiger partial charge in [0.2, 0.25) is 5.13 Å². The summed E-state index contributed by atoms with van der Waals surface area (Å²) in [6, 6.07) is 0. The van der Waals surface area contributed by atoms with Crippen molar-refractivity contribution in [2.75, 3.05) is 18.0 Å². The van der Waals surface area contributed by atoms with Crippen molar-refractivity contribution in [1.82, 2.24) is 10.2 Å². The van der Waals surface area contributed by atoms with Crippen LogP contribution in [0.4, 0.5) is 5.13 Å². The van der Waals surface area contributed by atoms with E-state index in [1.54, 1.807) is 12.4 Å². The maximum absolute atomic E-state index is 11.0. The van der Waals surface area contributed by atoms with Crippen molar-refractivity contribution in [2.24, 2.45) is 5.41 Å². The van der Waals surface area contributed by atoms with Gasteiger partial charge in [0.15, 0.2) is 0 Å². The topological polar surface area (TPSA) is 66.3 Å². The Kier molecular flexibility index (Phi) is 2.14. The molecule has 1 saturated heterocycles. The summed E-state index contributed by atoms with van der Waals surface area (Å²) >= 11 is 1.44. The molecule has 0 bridgehead atoms. The predicted octanol–water partition coefficient (Wildman–Crippen LogP) is 0.839. The second-order valence-electron chi connectivity index (χ2n) is 3.76. The highest BCUT2D eigenvalue weighted by Gasteiger charge is 2.41. The van der Waals surface area contributed by atoms with Crippen LogP contribution in [-0.2, 0) is 4.79 Å². The van der Waals surface area contributed by atoms with E-state index in [2.05, 4.69) is 10.2 Å². The fourth-order valence-corrected chi connectivity index (χ4v) is 2.19.